The van der Waals surface area contributed by atoms with Crippen molar-refractivity contribution in [3.05, 3.63) is 77.4 Å². The van der Waals surface area contributed by atoms with Gasteiger partial charge in [0.15, 0.2) is 0 Å². The van der Waals surface area contributed by atoms with Crippen molar-refractivity contribution in [2.75, 3.05) is 6.61 Å². The fourth-order valence-corrected chi connectivity index (χ4v) is 3.57. The van der Waals surface area contributed by atoms with Gasteiger partial charge in [0.25, 0.3) is 11.8 Å². The third kappa shape index (κ3) is 3.07. The van der Waals surface area contributed by atoms with Crippen molar-refractivity contribution in [1.29, 1.82) is 0 Å². The van der Waals surface area contributed by atoms with Crippen molar-refractivity contribution in [1.82, 2.24) is 4.90 Å². The van der Waals surface area contributed by atoms with Gasteiger partial charge in [0.2, 0.25) is 0 Å². The summed E-state index contributed by atoms with van der Waals surface area (Å²) in [7, 11) is 0. The quantitative estimate of drug-likeness (QED) is 0.789. The zero-order valence-electron chi connectivity index (χ0n) is 13.9. The van der Waals surface area contributed by atoms with E-state index in [-0.39, 0.29) is 17.9 Å². The van der Waals surface area contributed by atoms with Gasteiger partial charge >= 0.3 is 0 Å². The highest BCUT2D eigenvalue weighted by molar-refractivity contribution is 6.13. The molecule has 2 aliphatic rings. The van der Waals surface area contributed by atoms with Crippen LogP contribution in [-0.4, -0.2) is 23.3 Å². The second kappa shape index (κ2) is 6.55. The molecule has 4 nitrogen and oxygen atoms in total. The lowest BCUT2D eigenvalue weighted by Crippen LogP contribution is -2.33. The first-order chi connectivity index (χ1) is 12.2. The van der Waals surface area contributed by atoms with Crippen molar-refractivity contribution in [3.63, 3.8) is 0 Å². The lowest BCUT2D eigenvalue weighted by molar-refractivity contribution is -0.139. The molecule has 25 heavy (non-hydrogen) atoms. The number of carbonyl (C=O) groups excluding carboxylic acids is 2. The van der Waals surface area contributed by atoms with Crippen molar-refractivity contribution in [2.45, 2.75) is 25.3 Å². The molecule has 0 saturated carbocycles. The maximum atomic E-state index is 12.0. The number of nitrogens with zero attached hydrogens (tertiary/aromatic N) is 1. The molecular formula is C21H19NO3. The van der Waals surface area contributed by atoms with E-state index in [4.69, 9.17) is 4.74 Å². The van der Waals surface area contributed by atoms with Crippen LogP contribution in [0.25, 0.3) is 0 Å². The smallest absolute Gasteiger partial charge is 0.254 e. The van der Waals surface area contributed by atoms with E-state index < -0.39 is 0 Å². The number of carbonyl (C=O) groups is 2. The van der Waals surface area contributed by atoms with E-state index in [1.807, 2.05) is 36.4 Å². The normalized spacial score (nSPS) is 18.7. The Hall–Kier alpha value is -2.88. The van der Waals surface area contributed by atoms with Crippen molar-refractivity contribution < 1.29 is 14.3 Å². The Morgan fingerprint density at radius 3 is 2.52 bits per heavy atom. The fourth-order valence-electron chi connectivity index (χ4n) is 3.57. The van der Waals surface area contributed by atoms with Gasteiger partial charge in [-0.25, -0.2) is 0 Å². The summed E-state index contributed by atoms with van der Waals surface area (Å²) in [6.07, 6.45) is 5.19. The molecule has 1 aliphatic heterocycles. The zero-order chi connectivity index (χ0) is 17.2. The molecule has 0 aromatic heterocycles. The summed E-state index contributed by atoms with van der Waals surface area (Å²) in [6.45, 7) is 0.594. The molecule has 0 spiro atoms. The molecule has 0 saturated heterocycles. The predicted molar refractivity (Wildman–Crippen MR) is 94.1 cm³/mol. The van der Waals surface area contributed by atoms with Crippen LogP contribution in [0.4, 0.5) is 0 Å². The highest BCUT2D eigenvalue weighted by Crippen LogP contribution is 2.39. The number of aryl methyl sites for hydroxylation is 1. The maximum Gasteiger partial charge on any atom is 0.254 e. The maximum absolute atomic E-state index is 12.0. The third-order valence-corrected chi connectivity index (χ3v) is 4.82. The van der Waals surface area contributed by atoms with Crippen LogP contribution in [-0.2, 0) is 22.4 Å². The number of ether oxygens (including phenoxy) is 1. The molecule has 0 N–H and O–H groups in total. The second-order valence-corrected chi connectivity index (χ2v) is 6.38. The van der Waals surface area contributed by atoms with Crippen LogP contribution in [0.5, 0.6) is 5.75 Å². The molecule has 0 bridgehead atoms. The van der Waals surface area contributed by atoms with Crippen LogP contribution < -0.4 is 4.74 Å². The highest BCUT2D eigenvalue weighted by Gasteiger charge is 2.36. The average Bonchev–Trinajstić information content (AvgIpc) is 3.18. The predicted octanol–water partition coefficient (Wildman–Crippen LogP) is 3.22. The molecule has 2 aromatic carbocycles. The van der Waals surface area contributed by atoms with Crippen LogP contribution in [0.1, 0.15) is 29.2 Å². The van der Waals surface area contributed by atoms with Gasteiger partial charge in [-0.3, -0.25) is 14.5 Å². The van der Waals surface area contributed by atoms with Gasteiger partial charge in [0.1, 0.15) is 5.75 Å². The number of hydrogen-bond acceptors (Lipinski definition) is 3. The molecule has 0 unspecified atom stereocenters. The minimum absolute atomic E-state index is 0.178. The van der Waals surface area contributed by atoms with Crippen molar-refractivity contribution in [3.8, 4) is 5.75 Å². The third-order valence-electron chi connectivity index (χ3n) is 4.82. The summed E-state index contributed by atoms with van der Waals surface area (Å²) in [5, 5.41) is 0. The Labute approximate surface area is 146 Å². The first-order valence-corrected chi connectivity index (χ1v) is 8.57. The number of amides is 2. The Balaban J connectivity index is 1.47. The average molecular weight is 333 g/mol. The molecule has 1 aliphatic carbocycles. The molecule has 4 heteroatoms. The number of hydrogen-bond donors (Lipinski definition) is 0. The van der Waals surface area contributed by atoms with Crippen molar-refractivity contribution >= 4 is 11.8 Å². The Bertz CT molecular complexity index is 823. The van der Waals surface area contributed by atoms with Gasteiger partial charge in [0.05, 0.1) is 12.6 Å². The Morgan fingerprint density at radius 2 is 1.76 bits per heavy atom. The van der Waals surface area contributed by atoms with E-state index in [0.29, 0.717) is 6.61 Å². The van der Waals surface area contributed by atoms with Crippen LogP contribution in [0.15, 0.2) is 60.7 Å². The number of rotatable bonds is 5. The minimum atomic E-state index is -0.224. The number of imide groups is 1. The zero-order valence-corrected chi connectivity index (χ0v) is 13.9. The van der Waals surface area contributed by atoms with Crippen LogP contribution in [0.3, 0.4) is 0 Å². The lowest BCUT2D eigenvalue weighted by Gasteiger charge is -2.23. The van der Waals surface area contributed by atoms with E-state index in [0.717, 1.165) is 30.6 Å². The summed E-state index contributed by atoms with van der Waals surface area (Å²) in [5.41, 5.74) is 3.45. The Morgan fingerprint density at radius 1 is 1.00 bits per heavy atom. The van der Waals surface area contributed by atoms with Gasteiger partial charge < -0.3 is 4.74 Å². The molecule has 2 amide bonds. The second-order valence-electron chi connectivity index (χ2n) is 6.38. The number of benzene rings is 2. The van der Waals surface area contributed by atoms with Gasteiger partial charge in [-0.1, -0.05) is 36.4 Å². The fraction of sp³-hybridized carbons (Fsp3) is 0.238. The van der Waals surface area contributed by atoms with Gasteiger partial charge in [0, 0.05) is 18.6 Å². The minimum Gasteiger partial charge on any atom is -0.493 e. The van der Waals surface area contributed by atoms with E-state index in [2.05, 4.69) is 12.1 Å². The lowest BCUT2D eigenvalue weighted by atomic mass is 10.1. The van der Waals surface area contributed by atoms with Crippen molar-refractivity contribution in [2.24, 2.45) is 0 Å². The molecule has 1 heterocycles. The van der Waals surface area contributed by atoms with Gasteiger partial charge in [-0.2, -0.15) is 0 Å². The van der Waals surface area contributed by atoms with Crippen LogP contribution in [0, 0.1) is 0 Å². The largest absolute Gasteiger partial charge is 0.493 e. The van der Waals surface area contributed by atoms with Crippen LogP contribution in [0.2, 0.25) is 0 Å². The van der Waals surface area contributed by atoms with E-state index in [1.165, 1.54) is 28.2 Å². The molecule has 0 radical (unpaired) electrons. The van der Waals surface area contributed by atoms with Gasteiger partial charge in [-0.05, 0) is 41.7 Å². The Kier molecular flexibility index (Phi) is 4.10. The van der Waals surface area contributed by atoms with E-state index >= 15 is 0 Å². The molecule has 4 rings (SSSR count). The highest BCUT2D eigenvalue weighted by atomic mass is 16.5. The first-order valence-electron chi connectivity index (χ1n) is 8.57. The summed E-state index contributed by atoms with van der Waals surface area (Å²) in [5.74, 6) is 0.338. The SMILES string of the molecule is O=C1C=CC(=O)N1[C@H]1CCc2ccc(OCCc3ccccc3)cc21. The molecule has 1 atom stereocenters. The first kappa shape index (κ1) is 15.6. The standard InChI is InChI=1S/C21H19NO3/c23-20-10-11-21(24)22(20)19-9-7-16-6-8-17(14-18(16)19)25-13-12-15-4-2-1-3-5-15/h1-6,8,10-11,14,19H,7,9,12-13H2/t19-/m0/s1. The summed E-state index contributed by atoms with van der Waals surface area (Å²) in [4.78, 5) is 25.3. The van der Waals surface area contributed by atoms with Gasteiger partial charge in [-0.15, -0.1) is 0 Å². The van der Waals surface area contributed by atoms with E-state index in [9.17, 15) is 9.59 Å². The summed E-state index contributed by atoms with van der Waals surface area (Å²) >= 11 is 0. The molecule has 0 fully saturated rings. The van der Waals surface area contributed by atoms with Crippen LogP contribution >= 0.6 is 0 Å². The number of fused-ring (bicyclic) bond motifs is 1. The molecule has 2 aromatic rings. The molecule has 126 valence electrons. The summed E-state index contributed by atoms with van der Waals surface area (Å²) < 4.78 is 5.90. The molecular weight excluding hydrogens is 314 g/mol. The van der Waals surface area contributed by atoms with E-state index in [1.54, 1.807) is 0 Å². The topological polar surface area (TPSA) is 46.6 Å². The summed E-state index contributed by atoms with van der Waals surface area (Å²) in [6, 6.07) is 16.0. The monoisotopic (exact) mass is 333 g/mol.